The predicted octanol–water partition coefficient (Wildman–Crippen LogP) is 1.93. The molecule has 3 atom stereocenters. The van der Waals surface area contributed by atoms with Gasteiger partial charge in [-0.15, -0.1) is 10.2 Å². The van der Waals surface area contributed by atoms with E-state index < -0.39 is 0 Å². The molecule has 3 heterocycles. The first-order valence-electron chi connectivity index (χ1n) is 8.03. The molecule has 1 aromatic rings. The summed E-state index contributed by atoms with van der Waals surface area (Å²) in [4.78, 5) is 11.7. The molecule has 1 saturated heterocycles. The van der Waals surface area contributed by atoms with Crippen molar-refractivity contribution in [2.75, 3.05) is 13.7 Å². The van der Waals surface area contributed by atoms with Gasteiger partial charge in [-0.2, -0.15) is 0 Å². The Morgan fingerprint density at radius 1 is 1.32 bits per heavy atom. The summed E-state index contributed by atoms with van der Waals surface area (Å²) in [5.41, 5.74) is 0.0801. The topological polar surface area (TPSA) is 66.2 Å². The molecule has 0 amide bonds. The van der Waals surface area contributed by atoms with E-state index in [0.29, 0.717) is 6.42 Å². The van der Waals surface area contributed by atoms with Crippen LogP contribution in [0, 0.1) is 11.3 Å². The molecule has 122 valence electrons. The Kier molecular flexibility index (Phi) is 3.97. The molecule has 1 unspecified atom stereocenters. The highest BCUT2D eigenvalue weighted by Gasteiger charge is 2.41. The summed E-state index contributed by atoms with van der Waals surface area (Å²) in [6.45, 7) is 8.18. The van der Waals surface area contributed by atoms with Crippen LogP contribution in [0.15, 0.2) is 0 Å². The van der Waals surface area contributed by atoms with Gasteiger partial charge in [0.2, 0.25) is 0 Å². The maximum Gasteiger partial charge on any atom is 0.309 e. The van der Waals surface area contributed by atoms with Crippen molar-refractivity contribution in [2.45, 2.75) is 58.6 Å². The maximum absolute atomic E-state index is 11.7. The third-order valence-corrected chi connectivity index (χ3v) is 4.80. The number of methoxy groups -OCH3 is 1. The minimum Gasteiger partial charge on any atom is -0.469 e. The van der Waals surface area contributed by atoms with Crippen molar-refractivity contribution in [3.05, 3.63) is 11.6 Å². The quantitative estimate of drug-likeness (QED) is 0.781. The van der Waals surface area contributed by atoms with Crippen LogP contribution >= 0.6 is 0 Å². The number of hydrogen-bond donors (Lipinski definition) is 0. The van der Waals surface area contributed by atoms with Crippen LogP contribution in [0.4, 0.5) is 0 Å². The lowest BCUT2D eigenvalue weighted by atomic mass is 9.81. The second kappa shape index (κ2) is 5.65. The summed E-state index contributed by atoms with van der Waals surface area (Å²) >= 11 is 0. The first-order chi connectivity index (χ1) is 10.4. The molecule has 0 aliphatic carbocycles. The van der Waals surface area contributed by atoms with Crippen LogP contribution in [-0.4, -0.2) is 40.6 Å². The van der Waals surface area contributed by atoms with Crippen molar-refractivity contribution >= 4 is 5.97 Å². The first-order valence-corrected chi connectivity index (χ1v) is 8.03. The van der Waals surface area contributed by atoms with Gasteiger partial charge in [0, 0.05) is 25.5 Å². The Labute approximate surface area is 131 Å². The molecule has 0 radical (unpaired) electrons. The molecule has 2 aliphatic rings. The zero-order valence-corrected chi connectivity index (χ0v) is 13.8. The number of hydrogen-bond acceptors (Lipinski definition) is 5. The number of nitrogens with zero attached hydrogens (tertiary/aromatic N) is 3. The minimum absolute atomic E-state index is 0.0801. The van der Waals surface area contributed by atoms with Crippen LogP contribution in [0.1, 0.15) is 51.2 Å². The molecule has 1 aromatic heterocycles. The summed E-state index contributed by atoms with van der Waals surface area (Å²) in [5, 5.41) is 8.78. The van der Waals surface area contributed by atoms with E-state index in [2.05, 4.69) is 35.5 Å². The van der Waals surface area contributed by atoms with Gasteiger partial charge < -0.3 is 14.0 Å². The maximum atomic E-state index is 11.7. The Balaban J connectivity index is 1.84. The van der Waals surface area contributed by atoms with Gasteiger partial charge in [-0.05, 0) is 18.3 Å². The van der Waals surface area contributed by atoms with Crippen LogP contribution in [-0.2, 0) is 27.2 Å². The average Bonchev–Trinajstić information content (AvgIpc) is 3.10. The molecular formula is C16H25N3O3. The number of fused-ring (bicyclic) bond motifs is 1. The summed E-state index contributed by atoms with van der Waals surface area (Å²) in [6, 6.07) is 0. The van der Waals surface area contributed by atoms with Gasteiger partial charge in [0.15, 0.2) is 0 Å². The molecule has 6 heteroatoms. The van der Waals surface area contributed by atoms with Gasteiger partial charge in [-0.25, -0.2) is 0 Å². The highest BCUT2D eigenvalue weighted by atomic mass is 16.5. The Morgan fingerprint density at radius 2 is 2.09 bits per heavy atom. The molecule has 0 bridgehead atoms. The normalized spacial score (nSPS) is 28.5. The first kappa shape index (κ1) is 15.5. The molecule has 0 saturated carbocycles. The molecule has 0 aromatic carbocycles. The van der Waals surface area contributed by atoms with Gasteiger partial charge in [0.25, 0.3) is 0 Å². The van der Waals surface area contributed by atoms with Crippen LogP contribution in [0.2, 0.25) is 0 Å². The van der Waals surface area contributed by atoms with Gasteiger partial charge in [-0.3, -0.25) is 4.79 Å². The number of carbonyl (C=O) groups excluding carboxylic acids is 1. The Hall–Kier alpha value is -1.43. The zero-order chi connectivity index (χ0) is 15.9. The molecule has 0 N–H and O–H groups in total. The largest absolute Gasteiger partial charge is 0.469 e. The molecule has 2 aliphatic heterocycles. The summed E-state index contributed by atoms with van der Waals surface area (Å²) in [7, 11) is 1.44. The molecule has 1 fully saturated rings. The average molecular weight is 307 g/mol. The van der Waals surface area contributed by atoms with Crippen LogP contribution in [0.5, 0.6) is 0 Å². The van der Waals surface area contributed by atoms with Crippen molar-refractivity contribution in [2.24, 2.45) is 11.3 Å². The molecule has 22 heavy (non-hydrogen) atoms. The zero-order valence-electron chi connectivity index (χ0n) is 13.8. The number of carbonyl (C=O) groups is 1. The van der Waals surface area contributed by atoms with E-state index in [9.17, 15) is 4.79 Å². The lowest BCUT2D eigenvalue weighted by Gasteiger charge is -2.31. The van der Waals surface area contributed by atoms with Gasteiger partial charge in [-0.1, -0.05) is 20.8 Å². The van der Waals surface area contributed by atoms with E-state index in [1.165, 1.54) is 7.11 Å². The molecular weight excluding hydrogens is 282 g/mol. The predicted molar refractivity (Wildman–Crippen MR) is 80.4 cm³/mol. The Morgan fingerprint density at radius 3 is 2.77 bits per heavy atom. The number of ether oxygens (including phenoxy) is 2. The second-order valence-corrected chi connectivity index (χ2v) is 7.39. The fourth-order valence-electron chi connectivity index (χ4n) is 3.70. The van der Waals surface area contributed by atoms with Crippen LogP contribution in [0.25, 0.3) is 0 Å². The fraction of sp³-hybridized carbons (Fsp3) is 0.812. The van der Waals surface area contributed by atoms with E-state index in [1.807, 2.05) is 0 Å². The Bertz CT molecular complexity index is 561. The number of esters is 1. The molecule has 6 nitrogen and oxygen atoms in total. The second-order valence-electron chi connectivity index (χ2n) is 7.39. The third kappa shape index (κ3) is 2.64. The highest BCUT2D eigenvalue weighted by Crippen LogP contribution is 2.41. The van der Waals surface area contributed by atoms with E-state index in [1.54, 1.807) is 0 Å². The van der Waals surface area contributed by atoms with Crippen LogP contribution in [0.3, 0.4) is 0 Å². The van der Waals surface area contributed by atoms with Crippen LogP contribution < -0.4 is 0 Å². The van der Waals surface area contributed by atoms with Crippen molar-refractivity contribution < 1.29 is 14.3 Å². The molecule has 0 spiro atoms. The van der Waals surface area contributed by atoms with E-state index in [-0.39, 0.29) is 29.3 Å². The lowest BCUT2D eigenvalue weighted by Crippen LogP contribution is -2.33. The van der Waals surface area contributed by atoms with E-state index in [0.717, 1.165) is 37.6 Å². The SMILES string of the molecule is COC(=O)C1CCn2c(nnc2[C@H]2CCO[C@@H]2C(C)(C)C)C1. The summed E-state index contributed by atoms with van der Waals surface area (Å²) < 4.78 is 13.0. The van der Waals surface area contributed by atoms with Crippen molar-refractivity contribution in [3.63, 3.8) is 0 Å². The minimum atomic E-state index is -0.146. The monoisotopic (exact) mass is 307 g/mol. The summed E-state index contributed by atoms with van der Waals surface area (Å²) in [6.07, 6.45) is 2.56. The summed E-state index contributed by atoms with van der Waals surface area (Å²) in [5.74, 6) is 1.98. The fourth-order valence-corrected chi connectivity index (χ4v) is 3.70. The molecule has 3 rings (SSSR count). The number of aromatic nitrogens is 3. The van der Waals surface area contributed by atoms with Gasteiger partial charge in [0.1, 0.15) is 11.6 Å². The standard InChI is InChI=1S/C16H25N3O3/c1-16(2,3)13-11(6-8-22-13)14-18-17-12-9-10(15(20)21-4)5-7-19(12)14/h10-11,13H,5-9H2,1-4H3/t10?,11-,13-/m0/s1. The van der Waals surface area contributed by atoms with Crippen molar-refractivity contribution in [1.82, 2.24) is 14.8 Å². The highest BCUT2D eigenvalue weighted by molar-refractivity contribution is 5.72. The van der Waals surface area contributed by atoms with Crippen molar-refractivity contribution in [1.29, 1.82) is 0 Å². The van der Waals surface area contributed by atoms with Gasteiger partial charge >= 0.3 is 5.97 Å². The smallest absolute Gasteiger partial charge is 0.309 e. The number of rotatable bonds is 2. The van der Waals surface area contributed by atoms with Gasteiger partial charge in [0.05, 0.1) is 19.1 Å². The van der Waals surface area contributed by atoms with E-state index >= 15 is 0 Å². The van der Waals surface area contributed by atoms with Crippen molar-refractivity contribution in [3.8, 4) is 0 Å². The van der Waals surface area contributed by atoms with E-state index in [4.69, 9.17) is 9.47 Å². The third-order valence-electron chi connectivity index (χ3n) is 4.80. The lowest BCUT2D eigenvalue weighted by molar-refractivity contribution is -0.146.